The van der Waals surface area contributed by atoms with Crippen LogP contribution < -0.4 is 5.32 Å². The largest absolute Gasteiger partial charge is 0.310 e. The highest BCUT2D eigenvalue weighted by molar-refractivity contribution is 5.22. The van der Waals surface area contributed by atoms with E-state index >= 15 is 0 Å². The topological polar surface area (TPSA) is 42.7 Å². The molecule has 0 saturated carbocycles. The lowest BCUT2D eigenvalue weighted by atomic mass is 10.0. The van der Waals surface area contributed by atoms with Crippen molar-refractivity contribution in [1.29, 1.82) is 0 Å². The van der Waals surface area contributed by atoms with Gasteiger partial charge in [0.05, 0.1) is 0 Å². The smallest absolute Gasteiger partial charge is 0.138 e. The number of nitrogens with zero attached hydrogens (tertiary/aromatic N) is 3. The number of hydrogen-bond donors (Lipinski definition) is 1. The molecule has 1 unspecified atom stereocenters. The molecule has 20 heavy (non-hydrogen) atoms. The van der Waals surface area contributed by atoms with Crippen LogP contribution in [-0.4, -0.2) is 21.3 Å². The average Bonchev–Trinajstić information content (AvgIpc) is 2.87. The Balaban J connectivity index is 2.26. The van der Waals surface area contributed by atoms with Crippen LogP contribution in [0.25, 0.3) is 0 Å². The fourth-order valence-corrected chi connectivity index (χ4v) is 2.33. The van der Waals surface area contributed by atoms with Gasteiger partial charge in [0.25, 0.3) is 0 Å². The van der Waals surface area contributed by atoms with Crippen LogP contribution in [0.15, 0.2) is 30.6 Å². The fourth-order valence-electron chi connectivity index (χ4n) is 2.33. The number of aromatic nitrogens is 3. The number of rotatable bonds is 6. The van der Waals surface area contributed by atoms with Gasteiger partial charge in [0.1, 0.15) is 18.0 Å². The summed E-state index contributed by atoms with van der Waals surface area (Å²) in [6.45, 7) is 6.91. The van der Waals surface area contributed by atoms with Gasteiger partial charge in [0, 0.05) is 24.1 Å². The summed E-state index contributed by atoms with van der Waals surface area (Å²) in [7, 11) is 0. The first-order valence-corrected chi connectivity index (χ1v) is 6.99. The zero-order valence-electron chi connectivity index (χ0n) is 12.2. The molecular weight excluding hydrogens is 255 g/mol. The standard InChI is InChI=1S/C15H21FN4/c1-4-17-14(12-7-5-6-8-13(12)16)9-15-18-10-19-20(15)11(2)3/h5-8,10-11,14,17H,4,9H2,1-3H3. The average molecular weight is 276 g/mol. The van der Waals surface area contributed by atoms with Crippen molar-refractivity contribution in [3.63, 3.8) is 0 Å². The van der Waals surface area contributed by atoms with E-state index in [9.17, 15) is 4.39 Å². The Bertz CT molecular complexity index is 550. The lowest BCUT2D eigenvalue weighted by Gasteiger charge is -2.19. The van der Waals surface area contributed by atoms with Gasteiger partial charge in [-0.15, -0.1) is 0 Å². The molecule has 2 aromatic rings. The van der Waals surface area contributed by atoms with Crippen LogP contribution in [-0.2, 0) is 6.42 Å². The molecular formula is C15H21FN4. The molecule has 1 atom stereocenters. The van der Waals surface area contributed by atoms with E-state index in [2.05, 4.69) is 29.2 Å². The van der Waals surface area contributed by atoms with Crippen molar-refractivity contribution in [3.05, 3.63) is 47.8 Å². The van der Waals surface area contributed by atoms with Crippen LogP contribution in [0.4, 0.5) is 4.39 Å². The highest BCUT2D eigenvalue weighted by atomic mass is 19.1. The van der Waals surface area contributed by atoms with Gasteiger partial charge in [-0.25, -0.2) is 14.1 Å². The second kappa shape index (κ2) is 6.61. The van der Waals surface area contributed by atoms with Crippen molar-refractivity contribution < 1.29 is 4.39 Å². The van der Waals surface area contributed by atoms with Crippen LogP contribution in [0.1, 0.15) is 44.2 Å². The van der Waals surface area contributed by atoms with Crippen molar-refractivity contribution in [2.45, 2.75) is 39.3 Å². The molecule has 0 spiro atoms. The molecule has 0 amide bonds. The maximum Gasteiger partial charge on any atom is 0.138 e. The first-order valence-electron chi connectivity index (χ1n) is 6.99. The normalized spacial score (nSPS) is 12.8. The van der Waals surface area contributed by atoms with E-state index in [4.69, 9.17) is 0 Å². The van der Waals surface area contributed by atoms with Gasteiger partial charge in [0.2, 0.25) is 0 Å². The molecule has 4 nitrogen and oxygen atoms in total. The maximum absolute atomic E-state index is 14.0. The molecule has 1 aromatic heterocycles. The highest BCUT2D eigenvalue weighted by Crippen LogP contribution is 2.21. The van der Waals surface area contributed by atoms with E-state index in [1.165, 1.54) is 6.07 Å². The minimum Gasteiger partial charge on any atom is -0.310 e. The van der Waals surface area contributed by atoms with Gasteiger partial charge in [-0.05, 0) is 26.5 Å². The van der Waals surface area contributed by atoms with Gasteiger partial charge >= 0.3 is 0 Å². The highest BCUT2D eigenvalue weighted by Gasteiger charge is 2.18. The summed E-state index contributed by atoms with van der Waals surface area (Å²) in [5.74, 6) is 0.684. The summed E-state index contributed by atoms with van der Waals surface area (Å²) in [4.78, 5) is 4.30. The van der Waals surface area contributed by atoms with Crippen molar-refractivity contribution in [2.24, 2.45) is 0 Å². The summed E-state index contributed by atoms with van der Waals surface area (Å²) in [6, 6.07) is 7.03. The molecule has 0 fully saturated rings. The van der Waals surface area contributed by atoms with Gasteiger partial charge in [0.15, 0.2) is 0 Å². The van der Waals surface area contributed by atoms with Crippen molar-refractivity contribution in [3.8, 4) is 0 Å². The molecule has 0 saturated heterocycles. The summed E-state index contributed by atoms with van der Waals surface area (Å²) in [6.07, 6.45) is 2.17. The Morgan fingerprint density at radius 1 is 1.30 bits per heavy atom. The molecule has 5 heteroatoms. The first kappa shape index (κ1) is 14.7. The molecule has 108 valence electrons. The lowest BCUT2D eigenvalue weighted by molar-refractivity contribution is 0.458. The van der Waals surface area contributed by atoms with E-state index in [0.29, 0.717) is 12.0 Å². The van der Waals surface area contributed by atoms with E-state index in [1.807, 2.05) is 23.7 Å². The first-order chi connectivity index (χ1) is 9.63. The third-order valence-corrected chi connectivity index (χ3v) is 3.25. The molecule has 1 aromatic carbocycles. The molecule has 0 aliphatic carbocycles. The van der Waals surface area contributed by atoms with Crippen LogP contribution >= 0.6 is 0 Å². The number of nitrogens with one attached hydrogen (secondary N) is 1. The predicted octanol–water partition coefficient (Wildman–Crippen LogP) is 2.89. The third kappa shape index (κ3) is 3.22. The third-order valence-electron chi connectivity index (χ3n) is 3.25. The minimum atomic E-state index is -0.186. The van der Waals surface area contributed by atoms with Crippen LogP contribution in [0.2, 0.25) is 0 Å². The van der Waals surface area contributed by atoms with Gasteiger partial charge < -0.3 is 5.32 Å². The Morgan fingerprint density at radius 2 is 2.05 bits per heavy atom. The quantitative estimate of drug-likeness (QED) is 0.882. The number of likely N-dealkylation sites (N-methyl/N-ethyl adjacent to an activating group) is 1. The molecule has 2 rings (SSSR count). The Kier molecular flexibility index (Phi) is 4.84. The van der Waals surface area contributed by atoms with Crippen LogP contribution in [0.3, 0.4) is 0 Å². The van der Waals surface area contributed by atoms with Crippen molar-refractivity contribution in [2.75, 3.05) is 6.54 Å². The maximum atomic E-state index is 14.0. The summed E-state index contributed by atoms with van der Waals surface area (Å²) in [5.41, 5.74) is 0.674. The van der Waals surface area contributed by atoms with Gasteiger partial charge in [-0.2, -0.15) is 5.10 Å². The number of halogens is 1. The summed E-state index contributed by atoms with van der Waals surface area (Å²) in [5, 5.41) is 7.55. The second-order valence-corrected chi connectivity index (χ2v) is 5.05. The Labute approximate surface area is 119 Å². The predicted molar refractivity (Wildman–Crippen MR) is 76.9 cm³/mol. The summed E-state index contributed by atoms with van der Waals surface area (Å²) < 4.78 is 15.8. The SMILES string of the molecule is CCNC(Cc1ncnn1C(C)C)c1ccccc1F. The van der Waals surface area contributed by atoms with E-state index in [0.717, 1.165) is 12.4 Å². The van der Waals surface area contributed by atoms with Crippen LogP contribution in [0, 0.1) is 5.82 Å². The monoisotopic (exact) mass is 276 g/mol. The van der Waals surface area contributed by atoms with Crippen molar-refractivity contribution >= 4 is 0 Å². The molecule has 0 radical (unpaired) electrons. The van der Waals surface area contributed by atoms with Crippen molar-refractivity contribution in [1.82, 2.24) is 20.1 Å². The Hall–Kier alpha value is -1.75. The molecule has 0 aliphatic rings. The second-order valence-electron chi connectivity index (χ2n) is 5.05. The Morgan fingerprint density at radius 3 is 2.70 bits per heavy atom. The molecule has 1 heterocycles. The van der Waals surface area contributed by atoms with Gasteiger partial charge in [-0.1, -0.05) is 25.1 Å². The zero-order valence-corrected chi connectivity index (χ0v) is 12.2. The minimum absolute atomic E-state index is 0.0945. The summed E-state index contributed by atoms with van der Waals surface area (Å²) >= 11 is 0. The number of hydrogen-bond acceptors (Lipinski definition) is 3. The van der Waals surface area contributed by atoms with E-state index in [1.54, 1.807) is 12.4 Å². The molecule has 0 bridgehead atoms. The van der Waals surface area contributed by atoms with E-state index < -0.39 is 0 Å². The van der Waals surface area contributed by atoms with Gasteiger partial charge in [-0.3, -0.25) is 0 Å². The lowest BCUT2D eigenvalue weighted by Crippen LogP contribution is -2.25. The van der Waals surface area contributed by atoms with E-state index in [-0.39, 0.29) is 17.9 Å². The fraction of sp³-hybridized carbons (Fsp3) is 0.467. The number of benzene rings is 1. The zero-order chi connectivity index (χ0) is 14.5. The van der Waals surface area contributed by atoms with Crippen LogP contribution in [0.5, 0.6) is 0 Å². The molecule has 0 aliphatic heterocycles. The molecule has 1 N–H and O–H groups in total.